The normalized spacial score (nSPS) is 16.4. The van der Waals surface area contributed by atoms with Gasteiger partial charge in [0.25, 0.3) is 5.91 Å². The third kappa shape index (κ3) is 5.74. The first-order chi connectivity index (χ1) is 17.7. The lowest BCUT2D eigenvalue weighted by molar-refractivity contribution is -0.274. The molecule has 0 fully saturated rings. The summed E-state index contributed by atoms with van der Waals surface area (Å²) >= 11 is 0. The van der Waals surface area contributed by atoms with Gasteiger partial charge in [-0.15, -0.1) is 13.2 Å². The molecule has 2 heterocycles. The van der Waals surface area contributed by atoms with Gasteiger partial charge in [0.05, 0.1) is 23.0 Å². The average Bonchev–Trinajstić information content (AvgIpc) is 3.13. The number of hydrogen-bond acceptors (Lipinski definition) is 4. The predicted octanol–water partition coefficient (Wildman–Crippen LogP) is 6.63. The highest BCUT2D eigenvalue weighted by atomic mass is 19.4. The van der Waals surface area contributed by atoms with E-state index in [1.165, 1.54) is 62.4 Å². The van der Waals surface area contributed by atoms with Crippen LogP contribution in [0.5, 0.6) is 5.75 Å². The van der Waals surface area contributed by atoms with E-state index >= 15 is 0 Å². The van der Waals surface area contributed by atoms with E-state index in [2.05, 4.69) is 15.0 Å². The highest BCUT2D eigenvalue weighted by Crippen LogP contribution is 2.38. The Labute approximate surface area is 212 Å². The molecule has 0 radical (unpaired) electrons. The van der Waals surface area contributed by atoms with E-state index in [0.29, 0.717) is 0 Å². The zero-order chi connectivity index (χ0) is 27.9. The summed E-state index contributed by atoms with van der Waals surface area (Å²) in [4.78, 5) is 18.4. The topological polar surface area (TPSA) is 54.5 Å². The Bertz CT molecular complexity index is 1370. The van der Waals surface area contributed by atoms with Crippen molar-refractivity contribution >= 4 is 11.6 Å². The minimum atomic E-state index is -4.91. The Balaban J connectivity index is 1.70. The third-order valence-electron chi connectivity index (χ3n) is 5.75. The summed E-state index contributed by atoms with van der Waals surface area (Å²) in [5.74, 6) is -1.83. The molecule has 1 N–H and O–H groups in total. The van der Waals surface area contributed by atoms with Gasteiger partial charge in [0.1, 0.15) is 17.3 Å². The summed E-state index contributed by atoms with van der Waals surface area (Å²) in [5, 5.41) is 2.91. The molecule has 0 spiro atoms. The lowest BCUT2D eigenvalue weighted by atomic mass is 9.98. The number of halogens is 7. The first-order valence-corrected chi connectivity index (χ1v) is 11.1. The second-order valence-electron chi connectivity index (χ2n) is 8.92. The maximum absolute atomic E-state index is 14.7. The van der Waals surface area contributed by atoms with Gasteiger partial charge in [-0.1, -0.05) is 24.3 Å². The number of alkyl halides is 6. The Morgan fingerprint density at radius 3 is 2.11 bits per heavy atom. The molecule has 4 rings (SSSR count). The molecule has 0 aliphatic carbocycles. The number of carbonyl (C=O) groups excluding carboxylic acids is 1. The largest absolute Gasteiger partial charge is 0.573 e. The van der Waals surface area contributed by atoms with Gasteiger partial charge in [0.2, 0.25) is 0 Å². The van der Waals surface area contributed by atoms with E-state index < -0.39 is 47.3 Å². The maximum Gasteiger partial charge on any atom is 0.573 e. The Kier molecular flexibility index (Phi) is 6.85. The number of hydrogen-bond donors (Lipinski definition) is 1. The molecule has 200 valence electrons. The van der Waals surface area contributed by atoms with Crippen molar-refractivity contribution in [2.75, 3.05) is 4.90 Å². The zero-order valence-electron chi connectivity index (χ0n) is 19.9. The highest BCUT2D eigenvalue weighted by molar-refractivity contribution is 6.09. The fourth-order valence-electron chi connectivity index (χ4n) is 4.03. The lowest BCUT2D eigenvalue weighted by Gasteiger charge is -2.29. The average molecular weight is 539 g/mol. The van der Waals surface area contributed by atoms with Gasteiger partial charge < -0.3 is 10.1 Å². The van der Waals surface area contributed by atoms with E-state index in [1.807, 2.05) is 0 Å². The van der Waals surface area contributed by atoms with Crippen molar-refractivity contribution in [3.05, 3.63) is 101 Å². The van der Waals surface area contributed by atoms with Gasteiger partial charge in [-0.25, -0.2) is 9.37 Å². The van der Waals surface area contributed by atoms with E-state index in [-0.39, 0.29) is 22.6 Å². The molecule has 3 aromatic rings. The van der Waals surface area contributed by atoms with Crippen LogP contribution in [0.15, 0.2) is 78.5 Å². The van der Waals surface area contributed by atoms with Gasteiger partial charge in [0.15, 0.2) is 0 Å². The number of pyridine rings is 1. The number of aromatic nitrogens is 1. The van der Waals surface area contributed by atoms with Crippen LogP contribution in [0.4, 0.5) is 36.4 Å². The summed E-state index contributed by atoms with van der Waals surface area (Å²) < 4.78 is 95.9. The molecule has 38 heavy (non-hydrogen) atoms. The van der Waals surface area contributed by atoms with Gasteiger partial charge in [-0.3, -0.25) is 9.69 Å². The molecule has 12 heteroatoms. The Hall–Kier alpha value is -4.09. The van der Waals surface area contributed by atoms with Gasteiger partial charge in [-0.05, 0) is 62.4 Å². The monoisotopic (exact) mass is 539 g/mol. The highest BCUT2D eigenvalue weighted by Gasteiger charge is 2.40. The second kappa shape index (κ2) is 9.66. The van der Waals surface area contributed by atoms with Crippen LogP contribution in [0.2, 0.25) is 0 Å². The van der Waals surface area contributed by atoms with Crippen molar-refractivity contribution in [2.45, 2.75) is 38.0 Å². The molecule has 0 saturated carbocycles. The summed E-state index contributed by atoms with van der Waals surface area (Å²) in [7, 11) is 0. The minimum absolute atomic E-state index is 0.00410. The van der Waals surface area contributed by atoms with Gasteiger partial charge in [0, 0.05) is 11.3 Å². The smallest absolute Gasteiger partial charge is 0.406 e. The fourth-order valence-corrected chi connectivity index (χ4v) is 4.03. The summed E-state index contributed by atoms with van der Waals surface area (Å²) in [6.07, 6.45) is -8.19. The van der Waals surface area contributed by atoms with E-state index in [0.717, 1.165) is 23.1 Å². The van der Waals surface area contributed by atoms with Crippen LogP contribution in [-0.2, 0) is 16.5 Å². The molecule has 1 aromatic heterocycles. The summed E-state index contributed by atoms with van der Waals surface area (Å²) in [5.41, 5.74) is -2.20. The number of nitrogens with zero attached hydrogens (tertiary/aromatic N) is 2. The number of nitrogens with one attached hydrogen (secondary N) is 1. The predicted molar refractivity (Wildman–Crippen MR) is 123 cm³/mol. The van der Waals surface area contributed by atoms with Crippen LogP contribution in [0.1, 0.15) is 36.8 Å². The summed E-state index contributed by atoms with van der Waals surface area (Å²) in [6.45, 7) is 3.04. The van der Waals surface area contributed by atoms with Crippen molar-refractivity contribution in [2.24, 2.45) is 0 Å². The van der Waals surface area contributed by atoms with E-state index in [4.69, 9.17) is 0 Å². The van der Waals surface area contributed by atoms with Crippen molar-refractivity contribution < 1.29 is 40.3 Å². The first-order valence-electron chi connectivity index (χ1n) is 11.1. The third-order valence-corrected chi connectivity index (χ3v) is 5.75. The zero-order valence-corrected chi connectivity index (χ0v) is 19.9. The van der Waals surface area contributed by atoms with Gasteiger partial charge in [-0.2, -0.15) is 13.2 Å². The molecule has 2 aromatic carbocycles. The number of anilines is 1. The molecule has 1 atom stereocenters. The van der Waals surface area contributed by atoms with Crippen molar-refractivity contribution in [3.8, 4) is 5.75 Å². The fraction of sp³-hybridized carbons (Fsp3) is 0.231. The SMILES string of the molecule is CC(C)(NC1=CC(c2ccccc2F)N(c2ccc(OC(F)(F)F)cc2)C1=O)c1cccc(C(F)(F)F)n1. The van der Waals surface area contributed by atoms with Crippen molar-refractivity contribution in [1.82, 2.24) is 10.3 Å². The molecule has 1 aliphatic heterocycles. The first kappa shape index (κ1) is 27.0. The van der Waals surface area contributed by atoms with Crippen molar-refractivity contribution in [3.63, 3.8) is 0 Å². The molecule has 1 unspecified atom stereocenters. The van der Waals surface area contributed by atoms with Crippen molar-refractivity contribution in [1.29, 1.82) is 0 Å². The molecular weight excluding hydrogens is 519 g/mol. The van der Waals surface area contributed by atoms with E-state index in [9.17, 15) is 35.5 Å². The molecular formula is C26H20F7N3O2. The summed E-state index contributed by atoms with van der Waals surface area (Å²) in [6, 6.07) is 12.5. The molecule has 1 aliphatic rings. The van der Waals surface area contributed by atoms with Crippen LogP contribution in [0.25, 0.3) is 0 Å². The van der Waals surface area contributed by atoms with Gasteiger partial charge >= 0.3 is 12.5 Å². The molecule has 5 nitrogen and oxygen atoms in total. The number of carbonyl (C=O) groups is 1. The Morgan fingerprint density at radius 1 is 0.868 bits per heavy atom. The number of amides is 1. The number of benzene rings is 2. The van der Waals surface area contributed by atoms with Crippen LogP contribution in [0, 0.1) is 5.82 Å². The van der Waals surface area contributed by atoms with Crippen LogP contribution in [-0.4, -0.2) is 17.3 Å². The van der Waals surface area contributed by atoms with Crippen LogP contribution >= 0.6 is 0 Å². The number of ether oxygens (including phenoxy) is 1. The van der Waals surface area contributed by atoms with Crippen LogP contribution in [0.3, 0.4) is 0 Å². The Morgan fingerprint density at radius 2 is 1.50 bits per heavy atom. The molecule has 0 bridgehead atoms. The second-order valence-corrected chi connectivity index (χ2v) is 8.92. The molecule has 0 saturated heterocycles. The molecule has 1 amide bonds. The minimum Gasteiger partial charge on any atom is -0.406 e. The maximum atomic E-state index is 14.7. The van der Waals surface area contributed by atoms with E-state index in [1.54, 1.807) is 6.07 Å². The van der Waals surface area contributed by atoms with Crippen LogP contribution < -0.4 is 15.0 Å². The standard InChI is InChI=1S/C26H20F7N3O2/c1-24(2,21-8-5-9-22(34-21)25(28,29)30)35-19-14-20(17-6-3-4-7-18(17)27)36(23(19)37)15-10-12-16(13-11-15)38-26(31,32)33/h3-14,20,35H,1-2H3. The quantitative estimate of drug-likeness (QED) is 0.357. The number of rotatable bonds is 6. The lowest BCUT2D eigenvalue weighted by Crippen LogP contribution is -2.41.